The lowest BCUT2D eigenvalue weighted by Crippen LogP contribution is -1.96. The van der Waals surface area contributed by atoms with Crippen LogP contribution in [0.3, 0.4) is 0 Å². The molecule has 1 unspecified atom stereocenters. The molecule has 0 aliphatic heterocycles. The molecule has 1 N–H and O–H groups in total. The van der Waals surface area contributed by atoms with E-state index < -0.39 is 0 Å². The van der Waals surface area contributed by atoms with Crippen LogP contribution in [0.5, 0.6) is 0 Å². The van der Waals surface area contributed by atoms with E-state index in [1.54, 1.807) is 0 Å². The van der Waals surface area contributed by atoms with Gasteiger partial charge in [0.15, 0.2) is 0 Å². The second-order valence-electron chi connectivity index (χ2n) is 5.02. The van der Waals surface area contributed by atoms with E-state index in [4.69, 9.17) is 5.11 Å². The van der Waals surface area contributed by atoms with Gasteiger partial charge in [0.25, 0.3) is 0 Å². The first-order valence-electron chi connectivity index (χ1n) is 6.51. The van der Waals surface area contributed by atoms with Gasteiger partial charge in [-0.15, -0.1) is 0 Å². The smallest absolute Gasteiger partial charge is 0.133 e. The van der Waals surface area contributed by atoms with Crippen LogP contribution in [-0.2, 0) is 4.79 Å². The molecule has 1 rings (SSSR count). The van der Waals surface area contributed by atoms with Crippen molar-refractivity contribution in [3.05, 3.63) is 12.2 Å². The first kappa shape index (κ1) is 13.4. The second-order valence-corrected chi connectivity index (χ2v) is 5.02. The molecule has 1 aliphatic rings. The molecule has 1 aliphatic carbocycles. The minimum Gasteiger partial charge on any atom is -0.396 e. The van der Waals surface area contributed by atoms with Gasteiger partial charge in [-0.1, -0.05) is 19.1 Å². The van der Waals surface area contributed by atoms with E-state index in [-0.39, 0.29) is 0 Å². The van der Waals surface area contributed by atoms with Crippen LogP contribution in [0.1, 0.15) is 51.9 Å². The number of aliphatic hydroxyl groups is 1. The number of aliphatic hydroxyl groups excluding tert-OH is 1. The third-order valence-corrected chi connectivity index (χ3v) is 3.37. The first-order chi connectivity index (χ1) is 7.72. The summed E-state index contributed by atoms with van der Waals surface area (Å²) < 4.78 is 0. The Labute approximate surface area is 98.7 Å². The molecule has 0 saturated heterocycles. The highest BCUT2D eigenvalue weighted by atomic mass is 16.2. The number of Topliss-reactive ketones (excluding diaryl/α,β-unsaturated/α-hetero) is 1. The van der Waals surface area contributed by atoms with Crippen molar-refractivity contribution in [3.8, 4) is 0 Å². The maximum absolute atomic E-state index is 11.1. The summed E-state index contributed by atoms with van der Waals surface area (Å²) in [6.45, 7) is 2.55. The predicted octanol–water partition coefficient (Wildman–Crippen LogP) is 3.10. The Hall–Kier alpha value is -0.630. The maximum atomic E-state index is 11.1. The van der Waals surface area contributed by atoms with Crippen LogP contribution < -0.4 is 0 Å². The number of carbonyl (C=O) groups is 1. The molecule has 0 heterocycles. The highest BCUT2D eigenvalue weighted by Crippen LogP contribution is 2.23. The summed E-state index contributed by atoms with van der Waals surface area (Å²) in [5.74, 6) is 1.63. The zero-order valence-electron chi connectivity index (χ0n) is 10.3. The molecule has 0 spiro atoms. The minimum atomic E-state index is 0.310. The Morgan fingerprint density at radius 1 is 1.50 bits per heavy atom. The fourth-order valence-corrected chi connectivity index (χ4v) is 2.26. The fraction of sp³-hybridized carbons (Fsp3) is 0.786. The Morgan fingerprint density at radius 3 is 2.94 bits per heavy atom. The van der Waals surface area contributed by atoms with Crippen molar-refractivity contribution < 1.29 is 9.90 Å². The van der Waals surface area contributed by atoms with E-state index >= 15 is 0 Å². The van der Waals surface area contributed by atoms with Crippen LogP contribution in [0, 0.1) is 11.8 Å². The van der Waals surface area contributed by atoms with E-state index in [0.29, 0.717) is 24.2 Å². The highest BCUT2D eigenvalue weighted by Gasteiger charge is 2.18. The van der Waals surface area contributed by atoms with Crippen molar-refractivity contribution in [1.82, 2.24) is 0 Å². The molecule has 1 saturated carbocycles. The summed E-state index contributed by atoms with van der Waals surface area (Å²) in [6.07, 6.45) is 11.4. The summed E-state index contributed by atoms with van der Waals surface area (Å²) >= 11 is 0. The number of rotatable bonds is 7. The zero-order chi connectivity index (χ0) is 11.8. The molecular weight excluding hydrogens is 200 g/mol. The van der Waals surface area contributed by atoms with E-state index in [2.05, 4.69) is 19.1 Å². The summed E-state index contributed by atoms with van der Waals surface area (Å²) in [5, 5.41) is 8.71. The molecular formula is C14H24O2. The average Bonchev–Trinajstić information content (AvgIpc) is 2.67. The van der Waals surface area contributed by atoms with Crippen LogP contribution in [0.15, 0.2) is 12.2 Å². The fourth-order valence-electron chi connectivity index (χ4n) is 2.26. The Kier molecular flexibility index (Phi) is 6.39. The van der Waals surface area contributed by atoms with Gasteiger partial charge in [-0.3, -0.25) is 4.79 Å². The Bertz CT molecular complexity index is 233. The van der Waals surface area contributed by atoms with Crippen molar-refractivity contribution >= 4 is 5.78 Å². The van der Waals surface area contributed by atoms with Gasteiger partial charge in [0.2, 0.25) is 0 Å². The monoisotopic (exact) mass is 224 g/mol. The van der Waals surface area contributed by atoms with Crippen molar-refractivity contribution in [2.45, 2.75) is 51.9 Å². The third kappa shape index (κ3) is 5.45. The second kappa shape index (κ2) is 7.61. The van der Waals surface area contributed by atoms with Crippen molar-refractivity contribution in [3.63, 3.8) is 0 Å². The van der Waals surface area contributed by atoms with Gasteiger partial charge in [0.1, 0.15) is 5.78 Å². The molecule has 2 atom stereocenters. The maximum Gasteiger partial charge on any atom is 0.133 e. The molecule has 0 radical (unpaired) electrons. The van der Waals surface area contributed by atoms with E-state index in [9.17, 15) is 4.79 Å². The minimum absolute atomic E-state index is 0.310. The largest absolute Gasteiger partial charge is 0.396 e. The summed E-state index contributed by atoms with van der Waals surface area (Å²) in [5.41, 5.74) is 0. The summed E-state index contributed by atoms with van der Waals surface area (Å²) in [6, 6.07) is 0. The number of hydrogen-bond acceptors (Lipinski definition) is 2. The molecule has 0 bridgehead atoms. The number of ketones is 1. The summed E-state index contributed by atoms with van der Waals surface area (Å²) in [4.78, 5) is 11.1. The normalized spacial score (nSPS) is 23.1. The van der Waals surface area contributed by atoms with Crippen molar-refractivity contribution in [2.24, 2.45) is 11.8 Å². The van der Waals surface area contributed by atoms with Crippen LogP contribution in [-0.4, -0.2) is 17.5 Å². The van der Waals surface area contributed by atoms with Gasteiger partial charge in [-0.25, -0.2) is 0 Å². The first-order valence-corrected chi connectivity index (χ1v) is 6.51. The average molecular weight is 224 g/mol. The van der Waals surface area contributed by atoms with E-state index in [1.807, 2.05) is 0 Å². The lowest BCUT2D eigenvalue weighted by molar-refractivity contribution is -0.117. The highest BCUT2D eigenvalue weighted by molar-refractivity contribution is 5.80. The van der Waals surface area contributed by atoms with E-state index in [1.165, 1.54) is 6.42 Å². The molecule has 0 aromatic rings. The molecule has 16 heavy (non-hydrogen) atoms. The van der Waals surface area contributed by atoms with Crippen LogP contribution >= 0.6 is 0 Å². The van der Waals surface area contributed by atoms with Crippen molar-refractivity contribution in [2.75, 3.05) is 6.61 Å². The van der Waals surface area contributed by atoms with Crippen LogP contribution in [0.25, 0.3) is 0 Å². The number of allylic oxidation sites excluding steroid dienone is 2. The van der Waals surface area contributed by atoms with Gasteiger partial charge < -0.3 is 5.11 Å². The molecule has 2 nitrogen and oxygen atoms in total. The number of hydrogen-bond donors (Lipinski definition) is 1. The van der Waals surface area contributed by atoms with Gasteiger partial charge in [0.05, 0.1) is 0 Å². The Morgan fingerprint density at radius 2 is 2.31 bits per heavy atom. The molecule has 1 fully saturated rings. The SMILES string of the molecule is C[C@H](CC/C=C/C1CCC(=O)C1)CCCO. The summed E-state index contributed by atoms with van der Waals surface area (Å²) in [7, 11) is 0. The third-order valence-electron chi connectivity index (χ3n) is 3.37. The van der Waals surface area contributed by atoms with Gasteiger partial charge in [0, 0.05) is 19.4 Å². The predicted molar refractivity (Wildman–Crippen MR) is 66.2 cm³/mol. The lowest BCUT2D eigenvalue weighted by Gasteiger charge is -2.08. The van der Waals surface area contributed by atoms with Crippen molar-refractivity contribution in [1.29, 1.82) is 0 Å². The lowest BCUT2D eigenvalue weighted by atomic mass is 9.99. The van der Waals surface area contributed by atoms with Gasteiger partial charge in [-0.05, 0) is 43.9 Å². The topological polar surface area (TPSA) is 37.3 Å². The van der Waals surface area contributed by atoms with E-state index in [0.717, 1.165) is 38.5 Å². The molecule has 0 aromatic heterocycles. The van der Waals surface area contributed by atoms with Crippen LogP contribution in [0.2, 0.25) is 0 Å². The van der Waals surface area contributed by atoms with Crippen LogP contribution in [0.4, 0.5) is 0 Å². The molecule has 92 valence electrons. The molecule has 0 aromatic carbocycles. The van der Waals surface area contributed by atoms with Gasteiger partial charge in [-0.2, -0.15) is 0 Å². The molecule has 0 amide bonds. The van der Waals surface area contributed by atoms with Gasteiger partial charge >= 0.3 is 0 Å². The zero-order valence-corrected chi connectivity index (χ0v) is 10.3. The molecule has 2 heteroatoms. The standard InChI is InChI=1S/C14H24O2/c1-12(6-4-10-15)5-2-3-7-13-8-9-14(16)11-13/h3,7,12-13,15H,2,4-6,8-11H2,1H3/b7-3+/t12-,13?/m1/s1. The number of carbonyl (C=O) groups excluding carboxylic acids is 1. The quantitative estimate of drug-likeness (QED) is 0.675. The Balaban J connectivity index is 2.05.